The number of nitrogens with zero attached hydrogens (tertiary/aromatic N) is 9. The third-order valence-corrected chi connectivity index (χ3v) is 12.8. The van der Waals surface area contributed by atoms with Crippen molar-refractivity contribution in [2.45, 2.75) is 82.0 Å². The number of amides is 3. The van der Waals surface area contributed by atoms with E-state index in [0.29, 0.717) is 50.2 Å². The summed E-state index contributed by atoms with van der Waals surface area (Å²) in [7, 11) is 1.84. The molecule has 0 bridgehead atoms. The number of ether oxygens (including phenoxy) is 2. The number of imide groups is 1. The maximum absolute atomic E-state index is 14.3. The number of benzene rings is 1. The lowest BCUT2D eigenvalue weighted by Crippen LogP contribution is -2.44. The summed E-state index contributed by atoms with van der Waals surface area (Å²) < 4.78 is 45.1. The summed E-state index contributed by atoms with van der Waals surface area (Å²) in [5.74, 6) is 5.84. The van der Waals surface area contributed by atoms with Crippen molar-refractivity contribution in [3.63, 3.8) is 0 Å². The first-order valence-corrected chi connectivity index (χ1v) is 21.7. The van der Waals surface area contributed by atoms with E-state index < -0.39 is 23.9 Å². The zero-order valence-corrected chi connectivity index (χ0v) is 35.1. The number of nitrogens with one attached hydrogen (secondary N) is 2. The molecule has 17 nitrogen and oxygen atoms in total. The second-order valence-corrected chi connectivity index (χ2v) is 16.9. The van der Waals surface area contributed by atoms with Crippen LogP contribution in [0, 0.1) is 17.8 Å². The average Bonchev–Trinajstić information content (AvgIpc) is 4.01. The maximum Gasteiger partial charge on any atom is 0.284 e. The minimum absolute atomic E-state index is 0.0333. The number of carbonyl (C=O) groups excluding carboxylic acids is 3. The van der Waals surface area contributed by atoms with Crippen LogP contribution in [0.15, 0.2) is 42.9 Å². The lowest BCUT2D eigenvalue weighted by atomic mass is 9.85. The Balaban J connectivity index is 0.744. The highest BCUT2D eigenvalue weighted by Crippen LogP contribution is 2.36. The molecule has 1 aliphatic carbocycles. The summed E-state index contributed by atoms with van der Waals surface area (Å²) in [6.07, 6.45) is 7.49. The van der Waals surface area contributed by atoms with Crippen LogP contribution in [-0.4, -0.2) is 127 Å². The van der Waals surface area contributed by atoms with Gasteiger partial charge in [0.25, 0.3) is 12.3 Å². The molecule has 2 atom stereocenters. The number of morpholine rings is 1. The number of aryl methyl sites for hydroxylation is 1. The molecule has 4 aromatic heterocycles. The largest absolute Gasteiger partial charge is 0.394 e. The minimum atomic E-state index is -2.88. The standard InChI is InChI=1S/C44H51F2N11O6/c1-53-40-28(4-2-6-32(40)38(51-53)33-11-12-37(59)50-43(33)60)5-3-20-62-30-13-16-54(17-14-30)23-27-7-9-29(10-8-27)57-25-35(39(52-57)41(45)46)48-44(61)34-22-47-56-18-15-36(49-42(34)56)55-19-21-63-31(24-55)26-58/h2,4,6,15,18,22,25,27,29-31,33,41,58H,7-14,16-17,19-21,23-24,26H2,1H3,(H,48,61)(H,50,59,60)/t27-,29-,31?,33?. The summed E-state index contributed by atoms with van der Waals surface area (Å²) >= 11 is 0. The molecule has 4 aliphatic rings. The number of likely N-dealkylation sites (tertiary alicyclic amines) is 1. The van der Waals surface area contributed by atoms with Crippen LogP contribution in [-0.2, 0) is 26.1 Å². The van der Waals surface area contributed by atoms with Crippen LogP contribution in [0.25, 0.3) is 16.6 Å². The molecule has 63 heavy (non-hydrogen) atoms. The fourth-order valence-electron chi connectivity index (χ4n) is 9.46. The van der Waals surface area contributed by atoms with Gasteiger partial charge < -0.3 is 29.7 Å². The predicted molar refractivity (Wildman–Crippen MR) is 226 cm³/mol. The third-order valence-electron chi connectivity index (χ3n) is 12.8. The number of piperidine rings is 2. The molecule has 1 saturated carbocycles. The second kappa shape index (κ2) is 18.5. The van der Waals surface area contributed by atoms with E-state index in [1.807, 2.05) is 30.1 Å². The number of fused-ring (bicyclic) bond motifs is 2. The van der Waals surface area contributed by atoms with Crippen LogP contribution in [0.1, 0.15) is 97.1 Å². The molecule has 2 unspecified atom stereocenters. The molecule has 3 amide bonds. The average molecular weight is 868 g/mol. The number of aliphatic hydroxyl groups is 1. The highest BCUT2D eigenvalue weighted by Gasteiger charge is 2.33. The van der Waals surface area contributed by atoms with Gasteiger partial charge in [0.2, 0.25) is 11.8 Å². The molecule has 1 aromatic carbocycles. The van der Waals surface area contributed by atoms with E-state index in [0.717, 1.165) is 74.6 Å². The molecule has 332 valence electrons. The minimum Gasteiger partial charge on any atom is -0.394 e. The Morgan fingerprint density at radius 3 is 2.68 bits per heavy atom. The van der Waals surface area contributed by atoms with Crippen LogP contribution in [0.4, 0.5) is 20.3 Å². The van der Waals surface area contributed by atoms with E-state index in [1.165, 1.54) is 16.9 Å². The molecule has 9 rings (SSSR count). The number of hydrogen-bond acceptors (Lipinski definition) is 12. The Morgan fingerprint density at radius 2 is 1.90 bits per heavy atom. The van der Waals surface area contributed by atoms with Gasteiger partial charge in [-0.15, -0.1) is 0 Å². The number of para-hydroxylation sites is 1. The van der Waals surface area contributed by atoms with Gasteiger partial charge in [0.15, 0.2) is 11.3 Å². The SMILES string of the molecule is Cn1nc(C2CCC(=O)NC2=O)c2cccc(C#CCOC3CCN(C[C@H]4CC[C@H](n5cc(NC(=O)c6cnn7ccc(N8CCOC(CO)C8)nc67)c(C(F)F)n5)CC4)CC3)c21. The molecule has 5 aromatic rings. The Hall–Kier alpha value is -5.81. The molecule has 3 saturated heterocycles. The van der Waals surface area contributed by atoms with Crippen LogP contribution in [0.5, 0.6) is 0 Å². The van der Waals surface area contributed by atoms with E-state index in [1.54, 1.807) is 21.6 Å². The summed E-state index contributed by atoms with van der Waals surface area (Å²) in [5.41, 5.74) is 2.23. The molecule has 7 heterocycles. The third kappa shape index (κ3) is 9.16. The Kier molecular flexibility index (Phi) is 12.5. The quantitative estimate of drug-likeness (QED) is 0.128. The monoisotopic (exact) mass is 867 g/mol. The molecule has 3 aliphatic heterocycles. The van der Waals surface area contributed by atoms with E-state index in [-0.39, 0.29) is 60.0 Å². The van der Waals surface area contributed by atoms with Crippen LogP contribution < -0.4 is 15.5 Å². The normalized spacial score (nSPS) is 22.7. The lowest BCUT2D eigenvalue weighted by Gasteiger charge is -2.36. The van der Waals surface area contributed by atoms with Crippen molar-refractivity contribution in [3.8, 4) is 11.8 Å². The number of aromatic nitrogens is 7. The van der Waals surface area contributed by atoms with E-state index >= 15 is 0 Å². The first-order valence-electron chi connectivity index (χ1n) is 21.7. The number of carbonyl (C=O) groups is 3. The fourth-order valence-corrected chi connectivity index (χ4v) is 9.46. The van der Waals surface area contributed by atoms with Gasteiger partial charge in [0.1, 0.15) is 18.0 Å². The summed E-state index contributed by atoms with van der Waals surface area (Å²) in [6.45, 7) is 4.44. The van der Waals surface area contributed by atoms with Gasteiger partial charge in [-0.3, -0.25) is 29.1 Å². The number of hydrogen-bond donors (Lipinski definition) is 3. The van der Waals surface area contributed by atoms with Gasteiger partial charge in [0, 0.05) is 64.0 Å². The first-order chi connectivity index (χ1) is 30.6. The van der Waals surface area contributed by atoms with E-state index in [2.05, 4.69) is 47.7 Å². The summed E-state index contributed by atoms with van der Waals surface area (Å²) in [5, 5.41) is 28.7. The van der Waals surface area contributed by atoms with Crippen molar-refractivity contribution >= 4 is 45.8 Å². The molecular formula is C44H51F2N11O6. The lowest BCUT2D eigenvalue weighted by molar-refractivity contribution is -0.134. The van der Waals surface area contributed by atoms with Crippen molar-refractivity contribution in [1.82, 2.24) is 44.4 Å². The van der Waals surface area contributed by atoms with Crippen molar-refractivity contribution in [2.24, 2.45) is 13.0 Å². The zero-order valence-electron chi connectivity index (χ0n) is 35.1. The highest BCUT2D eigenvalue weighted by atomic mass is 19.3. The molecule has 3 N–H and O–H groups in total. The van der Waals surface area contributed by atoms with Crippen LogP contribution in [0.3, 0.4) is 0 Å². The molecular weight excluding hydrogens is 817 g/mol. The van der Waals surface area contributed by atoms with Gasteiger partial charge >= 0.3 is 0 Å². The molecule has 4 fully saturated rings. The zero-order chi connectivity index (χ0) is 43.6. The highest BCUT2D eigenvalue weighted by molar-refractivity contribution is 6.08. The van der Waals surface area contributed by atoms with Gasteiger partial charge in [-0.05, 0) is 63.0 Å². The number of rotatable bonds is 11. The summed E-state index contributed by atoms with van der Waals surface area (Å²) in [4.78, 5) is 46.9. The maximum atomic E-state index is 14.3. The number of aliphatic hydroxyl groups excluding tert-OH is 1. The Morgan fingerprint density at radius 1 is 1.08 bits per heavy atom. The molecule has 0 spiro atoms. The molecule has 19 heteroatoms. The fraction of sp³-hybridized carbons (Fsp3) is 0.523. The number of alkyl halides is 2. The van der Waals surface area contributed by atoms with Gasteiger partial charge in [-0.2, -0.15) is 15.3 Å². The summed E-state index contributed by atoms with van der Waals surface area (Å²) in [6, 6.07) is 7.50. The first kappa shape index (κ1) is 42.5. The Labute approximate surface area is 362 Å². The topological polar surface area (TPSA) is 186 Å². The van der Waals surface area contributed by atoms with Crippen molar-refractivity contribution in [3.05, 3.63) is 65.4 Å². The molecule has 0 radical (unpaired) electrons. The number of halogens is 2. The van der Waals surface area contributed by atoms with Gasteiger partial charge in [0.05, 0.1) is 66.0 Å². The van der Waals surface area contributed by atoms with Crippen LogP contribution >= 0.6 is 0 Å². The Bertz CT molecular complexity index is 2550. The van der Waals surface area contributed by atoms with Crippen molar-refractivity contribution < 1.29 is 37.7 Å². The second-order valence-electron chi connectivity index (χ2n) is 16.9. The van der Waals surface area contributed by atoms with Crippen LogP contribution in [0.2, 0.25) is 0 Å². The van der Waals surface area contributed by atoms with Gasteiger partial charge in [-0.25, -0.2) is 18.3 Å². The number of anilines is 2. The van der Waals surface area contributed by atoms with E-state index in [4.69, 9.17) is 9.47 Å². The smallest absolute Gasteiger partial charge is 0.284 e. The predicted octanol–water partition coefficient (Wildman–Crippen LogP) is 3.98. The van der Waals surface area contributed by atoms with Crippen molar-refractivity contribution in [1.29, 1.82) is 0 Å². The van der Waals surface area contributed by atoms with Gasteiger partial charge in [-0.1, -0.05) is 24.0 Å². The van der Waals surface area contributed by atoms with Crippen molar-refractivity contribution in [2.75, 3.05) is 62.8 Å². The van der Waals surface area contributed by atoms with E-state index in [9.17, 15) is 28.3 Å².